The Hall–Kier alpha value is -1.56. The minimum absolute atomic E-state index is 0.279. The van der Waals surface area contributed by atoms with Crippen molar-refractivity contribution in [1.29, 1.82) is 0 Å². The molecule has 1 aromatic rings. The predicted octanol–water partition coefficient (Wildman–Crippen LogP) is 4.00. The summed E-state index contributed by atoms with van der Waals surface area (Å²) >= 11 is 0. The van der Waals surface area contributed by atoms with E-state index in [0.717, 1.165) is 25.9 Å². The number of rotatable bonds is 1. The maximum absolute atomic E-state index is 13.8. The average molecular weight is 232 g/mol. The second-order valence-electron chi connectivity index (χ2n) is 5.40. The molecule has 17 heavy (non-hydrogen) atoms. The van der Waals surface area contributed by atoms with Gasteiger partial charge in [0.25, 0.3) is 0 Å². The van der Waals surface area contributed by atoms with Gasteiger partial charge in [-0.25, -0.2) is 9.24 Å². The predicted molar refractivity (Wildman–Crippen MR) is 67.9 cm³/mol. The minimum atomic E-state index is -0.279. The average Bonchev–Trinajstić information content (AvgIpc) is 2.29. The van der Waals surface area contributed by atoms with E-state index in [1.807, 2.05) is 0 Å². The van der Waals surface area contributed by atoms with Gasteiger partial charge in [-0.1, -0.05) is 19.9 Å². The molecule has 1 saturated heterocycles. The topological polar surface area (TPSA) is 7.60 Å². The van der Waals surface area contributed by atoms with Crippen molar-refractivity contribution < 1.29 is 4.39 Å². The molecule has 0 aromatic heterocycles. The van der Waals surface area contributed by atoms with Crippen molar-refractivity contribution in [2.75, 3.05) is 18.0 Å². The van der Waals surface area contributed by atoms with Crippen molar-refractivity contribution >= 4 is 11.4 Å². The number of hydrogen-bond acceptors (Lipinski definition) is 1. The third kappa shape index (κ3) is 2.58. The summed E-state index contributed by atoms with van der Waals surface area (Å²) < 4.78 is 13.8. The molecule has 3 heteroatoms. The van der Waals surface area contributed by atoms with Gasteiger partial charge in [-0.3, -0.25) is 0 Å². The third-order valence-corrected chi connectivity index (χ3v) is 3.52. The van der Waals surface area contributed by atoms with Crippen LogP contribution in [0.5, 0.6) is 0 Å². The van der Waals surface area contributed by atoms with E-state index in [9.17, 15) is 4.39 Å². The van der Waals surface area contributed by atoms with E-state index in [0.29, 0.717) is 16.8 Å². The highest BCUT2D eigenvalue weighted by atomic mass is 19.1. The number of piperidine rings is 1. The molecular formula is C14H17FN2. The van der Waals surface area contributed by atoms with Crippen LogP contribution >= 0.6 is 0 Å². The van der Waals surface area contributed by atoms with E-state index in [-0.39, 0.29) is 5.82 Å². The monoisotopic (exact) mass is 232 g/mol. The summed E-state index contributed by atoms with van der Waals surface area (Å²) in [7, 11) is 0. The molecule has 1 aliphatic heterocycles. The molecule has 0 radical (unpaired) electrons. The van der Waals surface area contributed by atoms with Crippen LogP contribution in [0.1, 0.15) is 26.7 Å². The molecule has 1 aliphatic rings. The van der Waals surface area contributed by atoms with Crippen LogP contribution in [0.15, 0.2) is 18.2 Å². The van der Waals surface area contributed by atoms with Gasteiger partial charge in [-0.15, -0.1) is 0 Å². The third-order valence-electron chi connectivity index (χ3n) is 3.52. The number of nitrogens with zero attached hydrogens (tertiary/aromatic N) is 2. The van der Waals surface area contributed by atoms with Crippen molar-refractivity contribution in [1.82, 2.24) is 0 Å². The van der Waals surface area contributed by atoms with Crippen LogP contribution in [0.25, 0.3) is 4.85 Å². The summed E-state index contributed by atoms with van der Waals surface area (Å²) in [5.74, 6) is -0.279. The summed E-state index contributed by atoms with van der Waals surface area (Å²) in [6.45, 7) is 13.1. The van der Waals surface area contributed by atoms with E-state index in [1.165, 1.54) is 6.07 Å². The smallest absolute Gasteiger partial charge is 0.190 e. The second-order valence-corrected chi connectivity index (χ2v) is 5.40. The van der Waals surface area contributed by atoms with Crippen molar-refractivity contribution in [3.8, 4) is 0 Å². The lowest BCUT2D eigenvalue weighted by Crippen LogP contribution is -2.37. The molecule has 90 valence electrons. The Morgan fingerprint density at radius 3 is 2.47 bits per heavy atom. The van der Waals surface area contributed by atoms with Crippen molar-refractivity contribution in [2.24, 2.45) is 5.41 Å². The highest BCUT2D eigenvalue weighted by Gasteiger charge is 2.26. The normalized spacial score (nSPS) is 18.8. The lowest BCUT2D eigenvalue weighted by atomic mass is 9.82. The fourth-order valence-electron chi connectivity index (χ4n) is 2.17. The first kappa shape index (κ1) is 11.9. The van der Waals surface area contributed by atoms with Gasteiger partial charge in [-0.05, 0) is 30.4 Å². The molecule has 0 N–H and O–H groups in total. The Bertz CT molecular complexity index is 450. The maximum atomic E-state index is 13.8. The summed E-state index contributed by atoms with van der Waals surface area (Å²) in [4.78, 5) is 5.31. The van der Waals surface area contributed by atoms with E-state index in [2.05, 4.69) is 23.6 Å². The summed E-state index contributed by atoms with van der Waals surface area (Å²) in [6.07, 6.45) is 2.16. The standard InChI is InChI=1S/C14H17FN2/c1-14(2)6-8-17(9-7-14)13-5-4-11(16-3)10-12(13)15/h4-5,10H,6-9H2,1-2H3. The largest absolute Gasteiger partial charge is 0.369 e. The zero-order valence-electron chi connectivity index (χ0n) is 10.3. The van der Waals surface area contributed by atoms with E-state index in [1.54, 1.807) is 12.1 Å². The van der Waals surface area contributed by atoms with Gasteiger partial charge < -0.3 is 4.90 Å². The van der Waals surface area contributed by atoms with Gasteiger partial charge in [0.15, 0.2) is 5.69 Å². The van der Waals surface area contributed by atoms with Crippen LogP contribution < -0.4 is 4.90 Å². The molecule has 1 fully saturated rings. The first-order valence-electron chi connectivity index (χ1n) is 5.94. The highest BCUT2D eigenvalue weighted by molar-refractivity contribution is 5.57. The molecular weight excluding hydrogens is 215 g/mol. The minimum Gasteiger partial charge on any atom is -0.369 e. The van der Waals surface area contributed by atoms with E-state index < -0.39 is 0 Å². The maximum Gasteiger partial charge on any atom is 0.190 e. The fourth-order valence-corrected chi connectivity index (χ4v) is 2.17. The van der Waals surface area contributed by atoms with Crippen LogP contribution in [-0.2, 0) is 0 Å². The van der Waals surface area contributed by atoms with Gasteiger partial charge in [0.05, 0.1) is 12.3 Å². The summed E-state index contributed by atoms with van der Waals surface area (Å²) in [5, 5.41) is 0. The Morgan fingerprint density at radius 1 is 1.29 bits per heavy atom. The zero-order valence-corrected chi connectivity index (χ0v) is 10.3. The van der Waals surface area contributed by atoms with Gasteiger partial charge in [0.2, 0.25) is 0 Å². The molecule has 1 heterocycles. The molecule has 2 nitrogen and oxygen atoms in total. The summed E-state index contributed by atoms with van der Waals surface area (Å²) in [5.41, 5.74) is 1.36. The molecule has 1 aromatic carbocycles. The van der Waals surface area contributed by atoms with Crippen molar-refractivity contribution in [2.45, 2.75) is 26.7 Å². The van der Waals surface area contributed by atoms with Gasteiger partial charge in [0.1, 0.15) is 5.82 Å². The lowest BCUT2D eigenvalue weighted by Gasteiger charge is -2.38. The summed E-state index contributed by atoms with van der Waals surface area (Å²) in [6, 6.07) is 4.73. The fraction of sp³-hybridized carbons (Fsp3) is 0.500. The number of anilines is 1. The quantitative estimate of drug-likeness (QED) is 0.664. The van der Waals surface area contributed by atoms with Crippen LogP contribution in [0.4, 0.5) is 15.8 Å². The number of halogens is 1. The molecule has 0 amide bonds. The van der Waals surface area contributed by atoms with E-state index >= 15 is 0 Å². The van der Waals surface area contributed by atoms with Crippen LogP contribution in [0, 0.1) is 17.8 Å². The molecule has 0 spiro atoms. The van der Waals surface area contributed by atoms with Crippen molar-refractivity contribution in [3.63, 3.8) is 0 Å². The van der Waals surface area contributed by atoms with Gasteiger partial charge >= 0.3 is 0 Å². The first-order chi connectivity index (χ1) is 8.02. The number of benzene rings is 1. The van der Waals surface area contributed by atoms with Crippen LogP contribution in [0.3, 0.4) is 0 Å². The van der Waals surface area contributed by atoms with Gasteiger partial charge in [-0.2, -0.15) is 0 Å². The Kier molecular flexibility index (Phi) is 3.06. The lowest BCUT2D eigenvalue weighted by molar-refractivity contribution is 0.279. The highest BCUT2D eigenvalue weighted by Crippen LogP contribution is 2.33. The molecule has 0 unspecified atom stereocenters. The SMILES string of the molecule is [C-]#[N+]c1ccc(N2CCC(C)(C)CC2)c(F)c1. The van der Waals surface area contributed by atoms with E-state index in [4.69, 9.17) is 6.57 Å². The first-order valence-corrected chi connectivity index (χ1v) is 5.94. The van der Waals surface area contributed by atoms with Crippen molar-refractivity contribution in [3.05, 3.63) is 35.4 Å². The van der Waals surface area contributed by atoms with Crippen LogP contribution in [0.2, 0.25) is 0 Å². The molecule has 0 atom stereocenters. The Balaban J connectivity index is 2.17. The van der Waals surface area contributed by atoms with Crippen LogP contribution in [-0.4, -0.2) is 13.1 Å². The second kappa shape index (κ2) is 4.37. The number of hydrogen-bond donors (Lipinski definition) is 0. The Labute approximate surface area is 102 Å². The molecule has 2 rings (SSSR count). The molecule has 0 saturated carbocycles. The van der Waals surface area contributed by atoms with Gasteiger partial charge in [0, 0.05) is 13.1 Å². The molecule has 0 bridgehead atoms. The molecule has 0 aliphatic carbocycles. The zero-order chi connectivity index (χ0) is 12.5. The Morgan fingerprint density at radius 2 is 1.94 bits per heavy atom.